The van der Waals surface area contributed by atoms with Crippen LogP contribution in [0.3, 0.4) is 0 Å². The molecule has 0 spiro atoms. The van der Waals surface area contributed by atoms with Crippen molar-refractivity contribution in [3.05, 3.63) is 54.6 Å². The predicted molar refractivity (Wildman–Crippen MR) is 164 cm³/mol. The predicted octanol–water partition coefficient (Wildman–Crippen LogP) is 3.16. The Morgan fingerprint density at radius 1 is 1.02 bits per heavy atom. The van der Waals surface area contributed by atoms with Crippen LogP contribution in [0, 0.1) is 0 Å². The van der Waals surface area contributed by atoms with Gasteiger partial charge in [-0.25, -0.2) is 0 Å². The van der Waals surface area contributed by atoms with E-state index in [1.165, 1.54) is 0 Å². The number of aromatic nitrogens is 2. The quantitative estimate of drug-likeness (QED) is 0.301. The molecule has 3 aromatic carbocycles. The molecule has 4 aromatic rings. The average molecular weight is 584 g/mol. The van der Waals surface area contributed by atoms with Gasteiger partial charge in [-0.15, -0.1) is 0 Å². The summed E-state index contributed by atoms with van der Waals surface area (Å²) in [6, 6.07) is 18.4. The first-order chi connectivity index (χ1) is 20.9. The smallest absolute Gasteiger partial charge is 0.319 e. The van der Waals surface area contributed by atoms with Crippen molar-refractivity contribution in [1.29, 1.82) is 0 Å². The number of likely N-dealkylation sites (tertiary alicyclic amines) is 2. The number of aliphatic hydroxyl groups excluding tert-OH is 2. The SMILES string of the molecule is CN1CCC[C@H]1COc1nc(N2C3CCC2CN(C(=O)C(O)CO)C3)c2ccc(-c3cc(O)cc4ccccc34)cc2n1. The largest absolute Gasteiger partial charge is 0.508 e. The fourth-order valence-corrected chi connectivity index (χ4v) is 7.13. The van der Waals surface area contributed by atoms with Crippen LogP contribution in [0.1, 0.15) is 25.7 Å². The van der Waals surface area contributed by atoms with Crippen molar-refractivity contribution >= 4 is 33.4 Å². The molecule has 0 saturated carbocycles. The molecule has 7 rings (SSSR count). The summed E-state index contributed by atoms with van der Waals surface area (Å²) >= 11 is 0. The molecule has 4 atom stereocenters. The number of phenolic OH excluding ortho intramolecular Hbond substituents is 1. The first-order valence-electron chi connectivity index (χ1n) is 15.1. The number of benzene rings is 3. The normalized spacial score (nSPS) is 22.9. The Morgan fingerprint density at radius 3 is 2.56 bits per heavy atom. The van der Waals surface area contributed by atoms with Gasteiger partial charge in [-0.2, -0.15) is 9.97 Å². The maximum atomic E-state index is 12.7. The number of aromatic hydroxyl groups is 1. The highest BCUT2D eigenvalue weighted by Crippen LogP contribution is 2.40. The number of amides is 1. The van der Waals surface area contributed by atoms with Gasteiger partial charge in [-0.1, -0.05) is 30.3 Å². The van der Waals surface area contributed by atoms with Gasteiger partial charge in [0.15, 0.2) is 6.10 Å². The zero-order chi connectivity index (χ0) is 29.7. The molecule has 43 heavy (non-hydrogen) atoms. The second-order valence-corrected chi connectivity index (χ2v) is 12.1. The number of hydrogen-bond donors (Lipinski definition) is 3. The fraction of sp³-hybridized carbons (Fsp3) is 0.424. The van der Waals surface area contributed by atoms with Gasteiger partial charge in [0.2, 0.25) is 0 Å². The second kappa shape index (κ2) is 11.3. The Kier molecular flexibility index (Phi) is 7.28. The highest BCUT2D eigenvalue weighted by molar-refractivity contribution is 6.01. The standard InChI is InChI=1S/C33H37N5O5/c1-36-12-4-6-24(36)19-43-33-34-29-14-21(28-15-25(40)13-20-5-2-3-7-26(20)28)8-11-27(29)31(35-33)38-22-9-10-23(38)17-37(16-22)32(42)30(41)18-39/h2-3,5,7-8,11,13-15,22-24,30,39-41H,4,6,9-10,12,16-19H2,1H3/t22?,23?,24-,30?/m0/s1. The molecule has 0 aliphatic carbocycles. The molecule has 2 bridgehead atoms. The van der Waals surface area contributed by atoms with Crippen LogP contribution in [0.4, 0.5) is 5.82 Å². The first kappa shape index (κ1) is 27.8. The highest BCUT2D eigenvalue weighted by Gasteiger charge is 2.43. The number of hydrogen-bond acceptors (Lipinski definition) is 9. The van der Waals surface area contributed by atoms with Crippen molar-refractivity contribution in [2.45, 2.75) is 49.9 Å². The minimum Gasteiger partial charge on any atom is -0.508 e. The summed E-state index contributed by atoms with van der Waals surface area (Å²) in [6.45, 7) is 1.88. The molecule has 3 unspecified atom stereocenters. The van der Waals surface area contributed by atoms with Gasteiger partial charge >= 0.3 is 6.01 Å². The van der Waals surface area contributed by atoms with Gasteiger partial charge in [0.25, 0.3) is 5.91 Å². The average Bonchev–Trinajstić information content (AvgIpc) is 3.55. The van der Waals surface area contributed by atoms with Crippen LogP contribution >= 0.6 is 0 Å². The summed E-state index contributed by atoms with van der Waals surface area (Å²) < 4.78 is 6.28. The summed E-state index contributed by atoms with van der Waals surface area (Å²) in [4.78, 5) is 28.9. The van der Waals surface area contributed by atoms with Gasteiger partial charge in [0, 0.05) is 36.6 Å². The summed E-state index contributed by atoms with van der Waals surface area (Å²) in [5, 5.41) is 32.7. The minimum atomic E-state index is -1.40. The molecule has 3 fully saturated rings. The van der Waals surface area contributed by atoms with Gasteiger partial charge in [-0.3, -0.25) is 4.79 Å². The lowest BCUT2D eigenvalue weighted by Gasteiger charge is -2.42. The van der Waals surface area contributed by atoms with Crippen LogP contribution in [0.5, 0.6) is 11.8 Å². The van der Waals surface area contributed by atoms with Crippen LogP contribution in [-0.4, -0.2) is 105 Å². The summed E-state index contributed by atoms with van der Waals surface area (Å²) in [5.41, 5.74) is 2.60. The number of aliphatic hydroxyl groups is 2. The van der Waals surface area contributed by atoms with Crippen LogP contribution in [0.15, 0.2) is 54.6 Å². The lowest BCUT2D eigenvalue weighted by Crippen LogP contribution is -2.57. The molecule has 4 heterocycles. The maximum Gasteiger partial charge on any atom is 0.319 e. The van der Waals surface area contributed by atoms with E-state index in [2.05, 4.69) is 22.9 Å². The van der Waals surface area contributed by atoms with E-state index in [-0.39, 0.29) is 17.8 Å². The molecule has 1 aromatic heterocycles. The van der Waals surface area contributed by atoms with E-state index in [4.69, 9.17) is 14.7 Å². The summed E-state index contributed by atoms with van der Waals surface area (Å²) in [6.07, 6.45) is 2.61. The molecule has 10 heteroatoms. The van der Waals surface area contributed by atoms with E-state index >= 15 is 0 Å². The van der Waals surface area contributed by atoms with Crippen LogP contribution in [-0.2, 0) is 4.79 Å². The van der Waals surface area contributed by atoms with Crippen molar-refractivity contribution in [3.63, 3.8) is 0 Å². The molecule has 3 aliphatic heterocycles. The zero-order valence-corrected chi connectivity index (χ0v) is 24.3. The van der Waals surface area contributed by atoms with Crippen molar-refractivity contribution in [2.75, 3.05) is 44.8 Å². The number of phenols is 1. The summed E-state index contributed by atoms with van der Waals surface area (Å²) in [7, 11) is 2.12. The lowest BCUT2D eigenvalue weighted by molar-refractivity contribution is -0.143. The van der Waals surface area contributed by atoms with Crippen molar-refractivity contribution in [3.8, 4) is 22.9 Å². The number of likely N-dealkylation sites (N-methyl/N-ethyl adjacent to an activating group) is 1. The number of ether oxygens (including phenoxy) is 1. The lowest BCUT2D eigenvalue weighted by atomic mass is 9.97. The van der Waals surface area contributed by atoms with Gasteiger partial charge in [0.05, 0.1) is 12.1 Å². The molecule has 1 amide bonds. The Balaban J connectivity index is 1.29. The number of carbonyl (C=O) groups is 1. The van der Waals surface area contributed by atoms with E-state index in [9.17, 15) is 20.1 Å². The number of carbonyl (C=O) groups excluding carboxylic acids is 1. The van der Waals surface area contributed by atoms with Crippen LogP contribution in [0.25, 0.3) is 32.8 Å². The Hall–Kier alpha value is -3.99. The van der Waals surface area contributed by atoms with Gasteiger partial charge in [-0.05, 0) is 85.4 Å². The van der Waals surface area contributed by atoms with Crippen LogP contribution in [0.2, 0.25) is 0 Å². The molecule has 10 nitrogen and oxygen atoms in total. The van der Waals surface area contributed by atoms with E-state index < -0.39 is 18.6 Å². The third-order valence-corrected chi connectivity index (χ3v) is 9.39. The van der Waals surface area contributed by atoms with Gasteiger partial charge in [0.1, 0.15) is 18.2 Å². The zero-order valence-electron chi connectivity index (χ0n) is 24.3. The minimum absolute atomic E-state index is 0.0233. The molecule has 3 saturated heterocycles. The van der Waals surface area contributed by atoms with Crippen LogP contribution < -0.4 is 9.64 Å². The Bertz CT molecular complexity index is 1670. The van der Waals surface area contributed by atoms with Gasteiger partial charge < -0.3 is 34.8 Å². The third kappa shape index (κ3) is 5.13. The van der Waals surface area contributed by atoms with Crippen molar-refractivity contribution in [1.82, 2.24) is 19.8 Å². The summed E-state index contributed by atoms with van der Waals surface area (Å²) in [5.74, 6) is 0.561. The van der Waals surface area contributed by atoms with E-state index in [0.29, 0.717) is 31.7 Å². The molecule has 224 valence electrons. The van der Waals surface area contributed by atoms with E-state index in [1.54, 1.807) is 17.0 Å². The van der Waals surface area contributed by atoms with Crippen molar-refractivity contribution < 1.29 is 24.9 Å². The van der Waals surface area contributed by atoms with Crippen molar-refractivity contribution in [2.24, 2.45) is 0 Å². The highest BCUT2D eigenvalue weighted by atomic mass is 16.5. The molecule has 3 aliphatic rings. The topological polar surface area (TPSA) is 122 Å². The molecule has 3 N–H and O–H groups in total. The maximum absolute atomic E-state index is 12.7. The molecular weight excluding hydrogens is 546 g/mol. The number of nitrogens with zero attached hydrogens (tertiary/aromatic N) is 5. The third-order valence-electron chi connectivity index (χ3n) is 9.39. The number of fused-ring (bicyclic) bond motifs is 4. The number of piperazine rings is 1. The monoisotopic (exact) mass is 583 g/mol. The first-order valence-corrected chi connectivity index (χ1v) is 15.1. The second-order valence-electron chi connectivity index (χ2n) is 12.1. The Labute approximate surface area is 250 Å². The number of rotatable bonds is 7. The van der Waals surface area contributed by atoms with E-state index in [1.807, 2.05) is 36.4 Å². The fourth-order valence-electron chi connectivity index (χ4n) is 7.13. The van der Waals surface area contributed by atoms with E-state index in [0.717, 1.165) is 70.8 Å². The molecular formula is C33H37N5O5. The molecule has 0 radical (unpaired) electrons. The number of anilines is 1. The Morgan fingerprint density at radius 2 is 1.81 bits per heavy atom.